The minimum atomic E-state index is -0.916. The Bertz CT molecular complexity index is 779. The van der Waals surface area contributed by atoms with Gasteiger partial charge in [0, 0.05) is 25.2 Å². The quantitative estimate of drug-likeness (QED) is 0.342. The van der Waals surface area contributed by atoms with Gasteiger partial charge in [-0.1, -0.05) is 26.0 Å². The van der Waals surface area contributed by atoms with Crippen LogP contribution < -0.4 is 5.32 Å². The third-order valence-corrected chi connectivity index (χ3v) is 3.91. The van der Waals surface area contributed by atoms with Crippen molar-refractivity contribution in [1.29, 1.82) is 0 Å². The fourth-order valence-corrected chi connectivity index (χ4v) is 2.66. The van der Waals surface area contributed by atoms with Crippen LogP contribution >= 0.6 is 0 Å². The van der Waals surface area contributed by atoms with Gasteiger partial charge in [-0.15, -0.1) is 13.2 Å². The van der Waals surface area contributed by atoms with Gasteiger partial charge in [-0.2, -0.15) is 0 Å². The van der Waals surface area contributed by atoms with Crippen molar-refractivity contribution >= 4 is 23.2 Å². The van der Waals surface area contributed by atoms with Crippen LogP contribution in [-0.2, 0) is 4.79 Å². The number of carbonyl (C=O) groups excluding carboxylic acids is 2. The molecule has 156 valence electrons. The number of hydrogen-bond acceptors (Lipinski definition) is 6. The first-order valence-electron chi connectivity index (χ1n) is 8.86. The monoisotopic (exact) mass is 404 g/mol. The molecule has 0 unspecified atom stereocenters. The van der Waals surface area contributed by atoms with Crippen molar-refractivity contribution in [3.63, 3.8) is 0 Å². The number of benzene rings is 1. The molecule has 2 amide bonds. The lowest BCUT2D eigenvalue weighted by atomic mass is 10.0. The molecule has 10 nitrogen and oxygen atoms in total. The van der Waals surface area contributed by atoms with Crippen LogP contribution in [0.2, 0.25) is 0 Å². The van der Waals surface area contributed by atoms with Gasteiger partial charge in [-0.3, -0.25) is 29.8 Å². The Hall–Kier alpha value is -3.56. The summed E-state index contributed by atoms with van der Waals surface area (Å²) in [7, 11) is 0. The van der Waals surface area contributed by atoms with Crippen molar-refractivity contribution in [2.45, 2.75) is 26.3 Å². The number of amides is 2. The average molecular weight is 404 g/mol. The predicted molar refractivity (Wildman–Crippen MR) is 107 cm³/mol. The first-order valence-corrected chi connectivity index (χ1v) is 8.86. The van der Waals surface area contributed by atoms with Crippen molar-refractivity contribution in [2.24, 2.45) is 5.92 Å². The van der Waals surface area contributed by atoms with Crippen molar-refractivity contribution in [3.05, 3.63) is 69.3 Å². The van der Waals surface area contributed by atoms with Crippen molar-refractivity contribution in [2.75, 3.05) is 13.1 Å². The lowest BCUT2D eigenvalue weighted by Crippen LogP contribution is -2.49. The molecule has 0 bridgehead atoms. The first kappa shape index (κ1) is 23.5. The second-order valence-electron chi connectivity index (χ2n) is 6.73. The maximum atomic E-state index is 12.9. The number of carbonyl (C=O) groups is 2. The number of hydrogen-bond donors (Lipinski definition) is 1. The normalized spacial score (nSPS) is 11.4. The predicted octanol–water partition coefficient (Wildman–Crippen LogP) is 2.85. The molecular weight excluding hydrogens is 380 g/mol. The summed E-state index contributed by atoms with van der Waals surface area (Å²) < 4.78 is 0. The largest absolute Gasteiger partial charge is 0.340 e. The van der Waals surface area contributed by atoms with Gasteiger partial charge in [-0.25, -0.2) is 0 Å². The molecule has 0 heterocycles. The van der Waals surface area contributed by atoms with Crippen LogP contribution in [0.15, 0.2) is 43.5 Å². The highest BCUT2D eigenvalue weighted by Gasteiger charge is 2.28. The Morgan fingerprint density at radius 3 is 1.93 bits per heavy atom. The molecule has 0 aliphatic carbocycles. The van der Waals surface area contributed by atoms with Crippen molar-refractivity contribution in [1.82, 2.24) is 10.2 Å². The summed E-state index contributed by atoms with van der Waals surface area (Å²) in [5.41, 5.74) is -1.45. The van der Waals surface area contributed by atoms with Crippen LogP contribution in [0.5, 0.6) is 0 Å². The standard InChI is InChI=1S/C19H24N4O6/c1-5-7-21(8-6-2)19(25)17(9-13(3)4)20-18(24)14-10-15(22(26)27)12-16(11-14)23(28)29/h5-6,10-13,17H,1-2,7-9H2,3-4H3,(H,20,24)/t17-/m0/s1. The molecule has 1 rings (SSSR count). The number of nitrogens with zero attached hydrogens (tertiary/aromatic N) is 3. The van der Waals surface area contributed by atoms with E-state index >= 15 is 0 Å². The summed E-state index contributed by atoms with van der Waals surface area (Å²) in [4.78, 5) is 47.4. The van der Waals surface area contributed by atoms with Gasteiger partial charge in [0.05, 0.1) is 21.5 Å². The van der Waals surface area contributed by atoms with E-state index in [1.54, 1.807) is 12.2 Å². The summed E-state index contributed by atoms with van der Waals surface area (Å²) in [5, 5.41) is 24.6. The summed E-state index contributed by atoms with van der Waals surface area (Å²) in [5.74, 6) is -1.13. The molecule has 0 radical (unpaired) electrons. The Balaban J connectivity index is 3.22. The van der Waals surface area contributed by atoms with E-state index in [-0.39, 0.29) is 30.5 Å². The van der Waals surface area contributed by atoms with Crippen molar-refractivity contribution < 1.29 is 19.4 Å². The van der Waals surface area contributed by atoms with E-state index in [2.05, 4.69) is 18.5 Å². The zero-order valence-electron chi connectivity index (χ0n) is 16.4. The van der Waals surface area contributed by atoms with Gasteiger partial charge in [0.15, 0.2) is 0 Å². The number of nitro benzene ring substituents is 2. The molecule has 1 atom stereocenters. The maximum absolute atomic E-state index is 12.9. The Morgan fingerprint density at radius 1 is 1.07 bits per heavy atom. The van der Waals surface area contributed by atoms with Crippen molar-refractivity contribution in [3.8, 4) is 0 Å². The molecule has 29 heavy (non-hydrogen) atoms. The fraction of sp³-hybridized carbons (Fsp3) is 0.368. The second kappa shape index (κ2) is 10.7. The third-order valence-electron chi connectivity index (χ3n) is 3.91. The van der Waals surface area contributed by atoms with Gasteiger partial charge >= 0.3 is 0 Å². The van der Waals surface area contributed by atoms with Crippen LogP contribution in [0.3, 0.4) is 0 Å². The van der Waals surface area contributed by atoms with Gasteiger partial charge in [0.2, 0.25) is 5.91 Å². The van der Waals surface area contributed by atoms with E-state index in [0.29, 0.717) is 6.42 Å². The first-order chi connectivity index (χ1) is 13.6. The minimum Gasteiger partial charge on any atom is -0.340 e. The number of nitro groups is 2. The van der Waals surface area contributed by atoms with Gasteiger partial charge < -0.3 is 10.2 Å². The van der Waals surface area contributed by atoms with E-state index < -0.39 is 33.2 Å². The molecule has 0 saturated carbocycles. The van der Waals surface area contributed by atoms with Crippen LogP contribution in [0.25, 0.3) is 0 Å². The summed E-state index contributed by atoms with van der Waals surface area (Å²) in [6, 6.07) is 1.72. The molecule has 1 N–H and O–H groups in total. The topological polar surface area (TPSA) is 136 Å². The minimum absolute atomic E-state index is 0.0537. The molecule has 0 fully saturated rings. The van der Waals surface area contributed by atoms with E-state index in [9.17, 15) is 29.8 Å². The molecule has 0 aromatic heterocycles. The Labute approximate surface area is 168 Å². The zero-order valence-corrected chi connectivity index (χ0v) is 16.4. The average Bonchev–Trinajstić information content (AvgIpc) is 2.65. The molecule has 10 heteroatoms. The van der Waals surface area contributed by atoms with Gasteiger partial charge in [0.25, 0.3) is 17.3 Å². The molecule has 0 aliphatic heterocycles. The summed E-state index contributed by atoms with van der Waals surface area (Å²) in [6.45, 7) is 11.4. The lowest BCUT2D eigenvalue weighted by molar-refractivity contribution is -0.394. The van der Waals surface area contributed by atoms with Crippen LogP contribution in [-0.4, -0.2) is 45.7 Å². The number of nitrogens with one attached hydrogen (secondary N) is 1. The Kier molecular flexibility index (Phi) is 8.66. The molecule has 1 aromatic rings. The second-order valence-corrected chi connectivity index (χ2v) is 6.73. The van der Waals surface area contributed by atoms with Gasteiger partial charge in [0.1, 0.15) is 6.04 Å². The van der Waals surface area contributed by atoms with Gasteiger partial charge in [-0.05, 0) is 12.3 Å². The van der Waals surface area contributed by atoms with E-state index in [1.807, 2.05) is 13.8 Å². The van der Waals surface area contributed by atoms with E-state index in [0.717, 1.165) is 18.2 Å². The Morgan fingerprint density at radius 2 is 1.55 bits per heavy atom. The maximum Gasteiger partial charge on any atom is 0.277 e. The molecular formula is C19H24N4O6. The van der Waals surface area contributed by atoms with Crippen LogP contribution in [0, 0.1) is 26.1 Å². The summed E-state index contributed by atoms with van der Waals surface area (Å²) >= 11 is 0. The highest BCUT2D eigenvalue weighted by Crippen LogP contribution is 2.23. The SMILES string of the molecule is C=CCN(CC=C)C(=O)[C@H](CC(C)C)NC(=O)c1cc([N+](=O)[O-])cc([N+](=O)[O-])c1. The molecule has 0 saturated heterocycles. The summed E-state index contributed by atoms with van der Waals surface area (Å²) in [6.07, 6.45) is 3.39. The number of non-ortho nitro benzene ring substituents is 2. The smallest absolute Gasteiger partial charge is 0.277 e. The molecule has 1 aromatic carbocycles. The lowest BCUT2D eigenvalue weighted by Gasteiger charge is -2.27. The van der Waals surface area contributed by atoms with E-state index in [1.165, 1.54) is 4.90 Å². The van der Waals surface area contributed by atoms with E-state index in [4.69, 9.17) is 0 Å². The zero-order chi connectivity index (χ0) is 22.1. The fourth-order valence-electron chi connectivity index (χ4n) is 2.66. The highest BCUT2D eigenvalue weighted by atomic mass is 16.6. The highest BCUT2D eigenvalue weighted by molar-refractivity contribution is 5.98. The molecule has 0 spiro atoms. The third kappa shape index (κ3) is 6.83. The van der Waals surface area contributed by atoms with Crippen LogP contribution in [0.1, 0.15) is 30.6 Å². The number of rotatable bonds is 11. The molecule has 0 aliphatic rings. The van der Waals surface area contributed by atoms with Crippen LogP contribution in [0.4, 0.5) is 11.4 Å².